The van der Waals surface area contributed by atoms with Crippen LogP contribution in [0.5, 0.6) is 11.9 Å². The Morgan fingerprint density at radius 3 is 2.81 bits per heavy atom. The predicted molar refractivity (Wildman–Crippen MR) is 60.4 cm³/mol. The first kappa shape index (κ1) is 10.8. The first-order valence-corrected chi connectivity index (χ1v) is 5.21. The highest BCUT2D eigenvalue weighted by atomic mass is 79.9. The number of halogens is 1. The first-order chi connectivity index (χ1) is 7.70. The summed E-state index contributed by atoms with van der Waals surface area (Å²) in [5, 5.41) is 6.89. The summed E-state index contributed by atoms with van der Waals surface area (Å²) in [6.07, 6.45) is 2.94. The zero-order chi connectivity index (χ0) is 11.5. The van der Waals surface area contributed by atoms with Gasteiger partial charge in [0.15, 0.2) is 0 Å². The Bertz CT molecular complexity index is 499. The summed E-state index contributed by atoms with van der Waals surface area (Å²) >= 11 is 3.33. The topological polar surface area (TPSA) is 77.8 Å². The molecule has 0 aliphatic heterocycles. The largest absolute Gasteiger partial charge is 0.403 e. The molecule has 0 atom stereocenters. The third-order valence-electron chi connectivity index (χ3n) is 1.76. The molecule has 0 amide bonds. The molecule has 0 saturated carbocycles. The van der Waals surface area contributed by atoms with Gasteiger partial charge in [0.25, 0.3) is 0 Å². The summed E-state index contributed by atoms with van der Waals surface area (Å²) in [4.78, 5) is 11.9. The van der Waals surface area contributed by atoms with Gasteiger partial charge < -0.3 is 10.1 Å². The molecule has 0 spiro atoms. The maximum atomic E-state index is 5.39. The smallest absolute Gasteiger partial charge is 0.342 e. The van der Waals surface area contributed by atoms with Gasteiger partial charge in [0.05, 0.1) is 0 Å². The molecule has 2 aromatic heterocycles. The van der Waals surface area contributed by atoms with Crippen LogP contribution in [0.15, 0.2) is 17.1 Å². The van der Waals surface area contributed by atoms with E-state index >= 15 is 0 Å². The van der Waals surface area contributed by atoms with Gasteiger partial charge in [-0.1, -0.05) is 0 Å². The van der Waals surface area contributed by atoms with Crippen molar-refractivity contribution in [2.24, 2.45) is 7.05 Å². The first-order valence-electron chi connectivity index (χ1n) is 4.42. The van der Waals surface area contributed by atoms with E-state index in [1.54, 1.807) is 25.1 Å². The van der Waals surface area contributed by atoms with E-state index in [9.17, 15) is 0 Å². The Balaban J connectivity index is 2.28. The zero-order valence-corrected chi connectivity index (χ0v) is 10.3. The van der Waals surface area contributed by atoms with Crippen molar-refractivity contribution in [3.8, 4) is 11.9 Å². The summed E-state index contributed by atoms with van der Waals surface area (Å²) < 4.78 is 7.57. The van der Waals surface area contributed by atoms with E-state index in [0.717, 1.165) is 0 Å². The fraction of sp³-hybridized carbons (Fsp3) is 0.250. The number of rotatable bonds is 3. The normalized spacial score (nSPS) is 10.2. The molecule has 0 aliphatic rings. The standard InChI is InChI=1S/C8H9BrN6O/c1-10-6-5(9)7(12-3-11-6)16-8-13-4-15(2)14-8/h3-4H,1-2H3,(H,10,11,12). The van der Waals surface area contributed by atoms with Gasteiger partial charge >= 0.3 is 6.01 Å². The second kappa shape index (κ2) is 4.44. The van der Waals surface area contributed by atoms with E-state index in [1.165, 1.54) is 6.33 Å². The van der Waals surface area contributed by atoms with Gasteiger partial charge in [0, 0.05) is 14.1 Å². The second-order valence-corrected chi connectivity index (χ2v) is 3.69. The molecule has 1 N–H and O–H groups in total. The van der Waals surface area contributed by atoms with Gasteiger partial charge in [-0.3, -0.25) is 4.68 Å². The van der Waals surface area contributed by atoms with Crippen molar-refractivity contribution in [2.75, 3.05) is 12.4 Å². The zero-order valence-electron chi connectivity index (χ0n) is 8.68. The van der Waals surface area contributed by atoms with Crippen molar-refractivity contribution < 1.29 is 4.74 Å². The second-order valence-electron chi connectivity index (χ2n) is 2.89. The molecule has 0 aromatic carbocycles. The summed E-state index contributed by atoms with van der Waals surface area (Å²) in [5.74, 6) is 1.01. The van der Waals surface area contributed by atoms with E-state index in [1.807, 2.05) is 0 Å². The molecular formula is C8H9BrN6O. The van der Waals surface area contributed by atoms with Gasteiger partial charge in [0.2, 0.25) is 5.88 Å². The van der Waals surface area contributed by atoms with Crippen molar-refractivity contribution in [1.29, 1.82) is 0 Å². The van der Waals surface area contributed by atoms with Crippen LogP contribution in [-0.2, 0) is 7.05 Å². The quantitative estimate of drug-likeness (QED) is 0.913. The van der Waals surface area contributed by atoms with Gasteiger partial charge in [-0.2, -0.15) is 4.98 Å². The maximum absolute atomic E-state index is 5.39. The highest BCUT2D eigenvalue weighted by Crippen LogP contribution is 2.30. The van der Waals surface area contributed by atoms with E-state index in [0.29, 0.717) is 16.2 Å². The molecule has 0 bridgehead atoms. The van der Waals surface area contributed by atoms with Crippen molar-refractivity contribution in [3.05, 3.63) is 17.1 Å². The molecule has 2 aromatic rings. The van der Waals surface area contributed by atoms with E-state index in [2.05, 4.69) is 41.3 Å². The molecular weight excluding hydrogens is 276 g/mol. The minimum Gasteiger partial charge on any atom is -0.403 e. The van der Waals surface area contributed by atoms with Crippen molar-refractivity contribution in [3.63, 3.8) is 0 Å². The lowest BCUT2D eigenvalue weighted by Crippen LogP contribution is -1.98. The van der Waals surface area contributed by atoms with Gasteiger partial charge in [0.1, 0.15) is 22.9 Å². The number of aromatic nitrogens is 5. The minimum absolute atomic E-state index is 0.240. The summed E-state index contributed by atoms with van der Waals surface area (Å²) in [6, 6.07) is 0.240. The number of anilines is 1. The van der Waals surface area contributed by atoms with Crippen LogP contribution < -0.4 is 10.1 Å². The Morgan fingerprint density at radius 2 is 2.19 bits per heavy atom. The van der Waals surface area contributed by atoms with Gasteiger partial charge in [-0.25, -0.2) is 9.97 Å². The van der Waals surface area contributed by atoms with E-state index in [4.69, 9.17) is 4.74 Å². The maximum Gasteiger partial charge on any atom is 0.342 e. The Kier molecular flexibility index (Phi) is 3.00. The highest BCUT2D eigenvalue weighted by molar-refractivity contribution is 9.10. The third-order valence-corrected chi connectivity index (χ3v) is 2.48. The third kappa shape index (κ3) is 2.11. The molecule has 2 rings (SSSR count). The molecule has 0 radical (unpaired) electrons. The fourth-order valence-electron chi connectivity index (χ4n) is 1.05. The monoisotopic (exact) mass is 284 g/mol. The molecule has 0 aliphatic carbocycles. The van der Waals surface area contributed by atoms with Crippen LogP contribution in [0.25, 0.3) is 0 Å². The fourth-order valence-corrected chi connectivity index (χ4v) is 1.54. The molecule has 84 valence electrons. The number of aryl methyl sites for hydroxylation is 1. The average Bonchev–Trinajstić information content (AvgIpc) is 2.67. The Labute approximate surface area is 100 Å². The van der Waals surface area contributed by atoms with Crippen LogP contribution in [0.4, 0.5) is 5.82 Å². The molecule has 7 nitrogen and oxygen atoms in total. The molecule has 16 heavy (non-hydrogen) atoms. The van der Waals surface area contributed by atoms with Crippen LogP contribution in [0.3, 0.4) is 0 Å². The lowest BCUT2D eigenvalue weighted by atomic mass is 10.5. The van der Waals surface area contributed by atoms with Crippen molar-refractivity contribution in [2.45, 2.75) is 0 Å². The average molecular weight is 285 g/mol. The van der Waals surface area contributed by atoms with Crippen LogP contribution in [0.2, 0.25) is 0 Å². The summed E-state index contributed by atoms with van der Waals surface area (Å²) in [6.45, 7) is 0. The summed E-state index contributed by atoms with van der Waals surface area (Å²) in [5.41, 5.74) is 0. The van der Waals surface area contributed by atoms with Crippen molar-refractivity contribution >= 4 is 21.7 Å². The van der Waals surface area contributed by atoms with E-state index < -0.39 is 0 Å². The summed E-state index contributed by atoms with van der Waals surface area (Å²) in [7, 11) is 3.52. The van der Waals surface area contributed by atoms with Gasteiger partial charge in [-0.05, 0) is 15.9 Å². The Hall–Kier alpha value is -1.70. The number of hydrogen-bond acceptors (Lipinski definition) is 6. The van der Waals surface area contributed by atoms with E-state index in [-0.39, 0.29) is 6.01 Å². The van der Waals surface area contributed by atoms with Crippen LogP contribution in [0.1, 0.15) is 0 Å². The van der Waals surface area contributed by atoms with Crippen molar-refractivity contribution in [1.82, 2.24) is 24.7 Å². The molecule has 0 fully saturated rings. The van der Waals surface area contributed by atoms with Crippen LogP contribution in [-0.4, -0.2) is 31.8 Å². The van der Waals surface area contributed by atoms with Gasteiger partial charge in [-0.15, -0.1) is 5.10 Å². The highest BCUT2D eigenvalue weighted by Gasteiger charge is 2.11. The molecule has 8 heteroatoms. The SMILES string of the molecule is CNc1ncnc(Oc2ncn(C)n2)c1Br. The minimum atomic E-state index is 0.240. The predicted octanol–water partition coefficient (Wildman–Crippen LogP) is 1.20. The molecule has 0 saturated heterocycles. The number of ether oxygens (including phenoxy) is 1. The van der Waals surface area contributed by atoms with Crippen LogP contribution in [0, 0.1) is 0 Å². The Morgan fingerprint density at radius 1 is 1.38 bits per heavy atom. The lowest BCUT2D eigenvalue weighted by molar-refractivity contribution is 0.419. The number of nitrogens with zero attached hydrogens (tertiary/aromatic N) is 5. The molecule has 2 heterocycles. The number of hydrogen-bond donors (Lipinski definition) is 1. The van der Waals surface area contributed by atoms with Crippen LogP contribution >= 0.6 is 15.9 Å². The lowest BCUT2D eigenvalue weighted by Gasteiger charge is -2.05. The molecule has 0 unspecified atom stereocenters. The number of nitrogens with one attached hydrogen (secondary N) is 1.